The van der Waals surface area contributed by atoms with Crippen LogP contribution in [-0.2, 0) is 0 Å². The minimum Gasteiger partial charge on any atom is -0.127 e. The molecular weight excluding hydrogens is 256 g/mol. The quantitative estimate of drug-likeness (QED) is 0.594. The average molecular weight is 275 g/mol. The van der Waals surface area contributed by atoms with Crippen molar-refractivity contribution in [3.05, 3.63) is 59.7 Å². The van der Waals surface area contributed by atoms with Crippen molar-refractivity contribution in [1.82, 2.24) is 0 Å². The molecule has 18 heavy (non-hydrogen) atoms. The molecule has 0 radical (unpaired) electrons. The first-order chi connectivity index (χ1) is 8.70. The molecule has 0 heterocycles. The van der Waals surface area contributed by atoms with Gasteiger partial charge >= 0.3 is 0 Å². The first kappa shape index (κ1) is 13.4. The van der Waals surface area contributed by atoms with Gasteiger partial charge in [0.05, 0.1) is 0 Å². The van der Waals surface area contributed by atoms with E-state index in [2.05, 4.69) is 62.4 Å². The summed E-state index contributed by atoms with van der Waals surface area (Å²) < 4.78 is 0. The van der Waals surface area contributed by atoms with Crippen molar-refractivity contribution < 1.29 is 0 Å². The number of rotatable bonds is 4. The standard InChI is InChI=1S/C16H19ClSi/c1-13-10-14(2)12-16(11-13)18(9-8-17)15-6-4-3-5-7-15/h3-7,10-12,18H,8-9H2,1-2H3. The number of hydrogen-bond acceptors (Lipinski definition) is 0. The summed E-state index contributed by atoms with van der Waals surface area (Å²) in [4.78, 5) is 0. The van der Waals surface area contributed by atoms with Crippen LogP contribution in [0.1, 0.15) is 11.1 Å². The molecule has 0 amide bonds. The van der Waals surface area contributed by atoms with E-state index < -0.39 is 8.80 Å². The molecule has 0 aliphatic rings. The van der Waals surface area contributed by atoms with Gasteiger partial charge in [0.1, 0.15) is 8.80 Å². The molecule has 0 aliphatic carbocycles. The normalized spacial score (nSPS) is 12.4. The molecule has 2 rings (SSSR count). The Morgan fingerprint density at radius 3 is 2.06 bits per heavy atom. The minimum atomic E-state index is -1.14. The largest absolute Gasteiger partial charge is 0.127 e. The van der Waals surface area contributed by atoms with Gasteiger partial charge < -0.3 is 0 Å². The molecule has 94 valence electrons. The Bertz CT molecular complexity index is 488. The zero-order valence-electron chi connectivity index (χ0n) is 11.0. The fourth-order valence-corrected chi connectivity index (χ4v) is 6.07. The van der Waals surface area contributed by atoms with E-state index in [4.69, 9.17) is 11.6 Å². The molecule has 0 saturated carbocycles. The van der Waals surface area contributed by atoms with E-state index in [-0.39, 0.29) is 0 Å². The van der Waals surface area contributed by atoms with Gasteiger partial charge in [0.2, 0.25) is 0 Å². The molecule has 0 bridgehead atoms. The highest BCUT2D eigenvalue weighted by molar-refractivity contribution is 6.85. The molecule has 2 aromatic carbocycles. The minimum absolute atomic E-state index is 0.749. The molecule has 0 saturated heterocycles. The summed E-state index contributed by atoms with van der Waals surface area (Å²) in [6.45, 7) is 4.35. The lowest BCUT2D eigenvalue weighted by Gasteiger charge is -2.16. The van der Waals surface area contributed by atoms with Gasteiger partial charge in [-0.25, -0.2) is 0 Å². The van der Waals surface area contributed by atoms with Gasteiger partial charge in [0.15, 0.2) is 0 Å². The highest BCUT2D eigenvalue weighted by Crippen LogP contribution is 2.05. The van der Waals surface area contributed by atoms with E-state index >= 15 is 0 Å². The Labute approximate surface area is 116 Å². The van der Waals surface area contributed by atoms with Crippen molar-refractivity contribution in [2.45, 2.75) is 19.9 Å². The topological polar surface area (TPSA) is 0 Å². The predicted molar refractivity (Wildman–Crippen MR) is 84.3 cm³/mol. The second-order valence-corrected chi connectivity index (χ2v) is 8.26. The van der Waals surface area contributed by atoms with Crippen LogP contribution in [0, 0.1) is 13.8 Å². The van der Waals surface area contributed by atoms with Crippen LogP contribution in [0.5, 0.6) is 0 Å². The van der Waals surface area contributed by atoms with Gasteiger partial charge in [0.25, 0.3) is 0 Å². The molecule has 0 nitrogen and oxygen atoms in total. The van der Waals surface area contributed by atoms with Crippen LogP contribution in [-0.4, -0.2) is 14.7 Å². The molecule has 2 aromatic rings. The molecule has 0 aromatic heterocycles. The molecule has 1 unspecified atom stereocenters. The first-order valence-electron chi connectivity index (χ1n) is 6.40. The maximum absolute atomic E-state index is 6.01. The van der Waals surface area contributed by atoms with Gasteiger partial charge in [0, 0.05) is 5.88 Å². The third kappa shape index (κ3) is 3.24. The predicted octanol–water partition coefficient (Wildman–Crippen LogP) is 2.88. The number of halogens is 1. The third-order valence-electron chi connectivity index (χ3n) is 3.25. The molecule has 0 aliphatic heterocycles. The van der Waals surface area contributed by atoms with E-state index in [1.165, 1.54) is 21.5 Å². The van der Waals surface area contributed by atoms with Crippen LogP contribution in [0.4, 0.5) is 0 Å². The van der Waals surface area contributed by atoms with E-state index in [1.807, 2.05) is 0 Å². The maximum atomic E-state index is 6.01. The maximum Gasteiger partial charge on any atom is 0.104 e. The summed E-state index contributed by atoms with van der Waals surface area (Å²) in [5.41, 5.74) is 2.71. The molecular formula is C16H19ClSi. The van der Waals surface area contributed by atoms with Gasteiger partial charge in [-0.15, -0.1) is 11.6 Å². The van der Waals surface area contributed by atoms with Gasteiger partial charge in [-0.3, -0.25) is 0 Å². The Hall–Kier alpha value is -1.05. The van der Waals surface area contributed by atoms with E-state index in [1.54, 1.807) is 0 Å². The van der Waals surface area contributed by atoms with Gasteiger partial charge in [-0.1, -0.05) is 70.0 Å². The van der Waals surface area contributed by atoms with Crippen LogP contribution in [0.3, 0.4) is 0 Å². The lowest BCUT2D eigenvalue weighted by Crippen LogP contribution is -2.42. The zero-order chi connectivity index (χ0) is 13.0. The van der Waals surface area contributed by atoms with Crippen LogP contribution in [0.25, 0.3) is 0 Å². The van der Waals surface area contributed by atoms with Crippen LogP contribution >= 0.6 is 11.6 Å². The Balaban J connectivity index is 2.41. The molecule has 0 N–H and O–H groups in total. The Morgan fingerprint density at radius 1 is 0.889 bits per heavy atom. The smallest absolute Gasteiger partial charge is 0.104 e. The van der Waals surface area contributed by atoms with Crippen molar-refractivity contribution in [3.8, 4) is 0 Å². The number of aryl methyl sites for hydroxylation is 2. The number of benzene rings is 2. The van der Waals surface area contributed by atoms with E-state index in [0.717, 1.165) is 11.9 Å². The van der Waals surface area contributed by atoms with Gasteiger partial charge in [-0.2, -0.15) is 0 Å². The number of hydrogen-bond donors (Lipinski definition) is 0. The second-order valence-electron chi connectivity index (χ2n) is 4.86. The van der Waals surface area contributed by atoms with E-state index in [0.29, 0.717) is 0 Å². The summed E-state index contributed by atoms with van der Waals surface area (Å²) >= 11 is 6.01. The van der Waals surface area contributed by atoms with Gasteiger partial charge in [-0.05, 0) is 19.9 Å². The highest BCUT2D eigenvalue weighted by atomic mass is 35.5. The SMILES string of the molecule is Cc1cc(C)cc([SiH](CCCl)c2ccccc2)c1. The van der Waals surface area contributed by atoms with Crippen LogP contribution < -0.4 is 10.4 Å². The monoisotopic (exact) mass is 274 g/mol. The summed E-state index contributed by atoms with van der Waals surface area (Å²) in [5, 5.41) is 3.00. The number of alkyl halides is 1. The third-order valence-corrected chi connectivity index (χ3v) is 7.02. The molecule has 1 atom stereocenters. The van der Waals surface area contributed by atoms with Crippen molar-refractivity contribution >= 4 is 30.8 Å². The summed E-state index contributed by atoms with van der Waals surface area (Å²) in [7, 11) is -1.14. The van der Waals surface area contributed by atoms with Crippen molar-refractivity contribution in [2.24, 2.45) is 0 Å². The summed E-state index contributed by atoms with van der Waals surface area (Å²) in [6, 6.07) is 18.9. The van der Waals surface area contributed by atoms with E-state index in [9.17, 15) is 0 Å². The fourth-order valence-electron chi connectivity index (χ4n) is 2.53. The first-order valence-corrected chi connectivity index (χ1v) is 8.90. The van der Waals surface area contributed by atoms with Crippen molar-refractivity contribution in [3.63, 3.8) is 0 Å². The molecule has 0 spiro atoms. The molecule has 2 heteroatoms. The summed E-state index contributed by atoms with van der Waals surface area (Å²) in [5.74, 6) is 0.749. The van der Waals surface area contributed by atoms with Crippen LogP contribution in [0.15, 0.2) is 48.5 Å². The average Bonchev–Trinajstić information content (AvgIpc) is 2.36. The summed E-state index contributed by atoms with van der Waals surface area (Å²) in [6.07, 6.45) is 0. The lowest BCUT2D eigenvalue weighted by molar-refractivity contribution is 1.39. The molecule has 0 fully saturated rings. The van der Waals surface area contributed by atoms with Crippen LogP contribution in [0.2, 0.25) is 6.04 Å². The zero-order valence-corrected chi connectivity index (χ0v) is 12.9. The van der Waals surface area contributed by atoms with Crippen molar-refractivity contribution in [2.75, 3.05) is 5.88 Å². The second kappa shape index (κ2) is 6.21. The van der Waals surface area contributed by atoms with Crippen molar-refractivity contribution in [1.29, 1.82) is 0 Å². The Morgan fingerprint density at radius 2 is 1.50 bits per heavy atom. The lowest BCUT2D eigenvalue weighted by atomic mass is 10.2. The Kier molecular flexibility index (Phi) is 4.62. The fraction of sp³-hybridized carbons (Fsp3) is 0.250. The highest BCUT2D eigenvalue weighted by Gasteiger charge is 2.15.